The first kappa shape index (κ1) is 83.1. The van der Waals surface area contributed by atoms with E-state index in [0.29, 0.717) is 0 Å². The van der Waals surface area contributed by atoms with Crippen molar-refractivity contribution in [3.63, 3.8) is 0 Å². The van der Waals surface area contributed by atoms with Crippen LogP contribution in [0.2, 0.25) is 0 Å². The Morgan fingerprint density at radius 2 is 0.554 bits per heavy atom. The first-order valence-corrected chi connectivity index (χ1v) is 32.4. The van der Waals surface area contributed by atoms with Crippen molar-refractivity contribution in [2.24, 2.45) is 0 Å². The number of hydrogen-bond donors (Lipinski definition) is 25. The van der Waals surface area contributed by atoms with Gasteiger partial charge < -0.3 is 200 Å². The summed E-state index contributed by atoms with van der Waals surface area (Å²) in [6.07, 6.45) is -71.1. The summed E-state index contributed by atoms with van der Waals surface area (Å²) < 4.78 is 89.4. The lowest BCUT2D eigenvalue weighted by Gasteiger charge is -2.51. The van der Waals surface area contributed by atoms with Crippen LogP contribution in [0.5, 0.6) is 0 Å². The molecule has 8 aliphatic heterocycles. The Morgan fingerprint density at radius 1 is 0.267 bits per heavy atom. The number of rotatable bonds is 26. The summed E-state index contributed by atoms with van der Waals surface area (Å²) in [5.74, 6) is -3.23. The average Bonchev–Trinajstić information content (AvgIpc) is 0.773. The molecule has 101 heavy (non-hydrogen) atoms. The lowest BCUT2D eigenvalue weighted by molar-refractivity contribution is -0.396. The molecule has 0 radical (unpaired) electrons. The highest BCUT2D eigenvalue weighted by Crippen LogP contribution is 2.39. The van der Waals surface area contributed by atoms with Crippen LogP contribution in [0.25, 0.3) is 0 Å². The molecule has 44 nitrogen and oxygen atoms in total. The number of carbonyl (C=O) groups excluding carboxylic acids is 4. The molecule has 0 saturated carbocycles. The molecule has 0 aromatic heterocycles. The molecule has 0 aromatic carbocycles. The topological polar surface area (TPSA) is 680 Å². The number of ether oxygens (including phenoxy) is 15. The summed E-state index contributed by atoms with van der Waals surface area (Å²) in [6.45, 7) is -2.66. The van der Waals surface area contributed by atoms with Gasteiger partial charge >= 0.3 is 0 Å². The molecule has 4 amide bonds. The summed E-state index contributed by atoms with van der Waals surface area (Å²) in [4.78, 5) is 50.4. The molecule has 8 rings (SSSR count). The lowest BCUT2D eigenvalue weighted by atomic mass is 9.92. The van der Waals surface area contributed by atoms with Gasteiger partial charge in [0.25, 0.3) is 0 Å². The van der Waals surface area contributed by atoms with Crippen molar-refractivity contribution in [2.75, 3.05) is 52.9 Å². The van der Waals surface area contributed by atoms with Crippen LogP contribution in [0.15, 0.2) is 0 Å². The Kier molecular flexibility index (Phi) is 29.9. The molecule has 0 aliphatic carbocycles. The Hall–Kier alpha value is -3.56. The van der Waals surface area contributed by atoms with Crippen molar-refractivity contribution >= 4 is 23.6 Å². The van der Waals surface area contributed by atoms with Crippen LogP contribution in [0, 0.1) is 0 Å². The van der Waals surface area contributed by atoms with Crippen molar-refractivity contribution < 1.29 is 197 Å². The molecule has 0 aromatic rings. The van der Waals surface area contributed by atoms with E-state index in [2.05, 4.69) is 21.3 Å². The zero-order valence-electron chi connectivity index (χ0n) is 54.9. The highest BCUT2D eigenvalue weighted by molar-refractivity contribution is 5.74. The van der Waals surface area contributed by atoms with Gasteiger partial charge in [0, 0.05) is 27.7 Å². The van der Waals surface area contributed by atoms with Crippen LogP contribution in [0.1, 0.15) is 34.6 Å². The number of nitrogens with one attached hydrogen (secondary N) is 4. The Labute approximate surface area is 573 Å². The molecule has 44 heteroatoms. The smallest absolute Gasteiger partial charge is 0.217 e. The third-order valence-electron chi connectivity index (χ3n) is 18.5. The van der Waals surface area contributed by atoms with E-state index in [1.54, 1.807) is 0 Å². The van der Waals surface area contributed by atoms with Gasteiger partial charge in [-0.15, -0.1) is 0 Å². The van der Waals surface area contributed by atoms with Crippen molar-refractivity contribution in [3.05, 3.63) is 0 Å². The SMILES string of the molecule is CC(=O)NC1C(O)[C@H](O[C@@H]2OC(CO)[C@H](O)[C@H](O)C2O)[C@@H](CO)O[C@@H]1OC1[C@H](OCC2O[C@@H](O[C@H]3C(CO)O[C@@H](O[C@H]4C(CO)OC(C)C(NC(C)=O)[C@H]4O)C(NC(C)=O)[C@H]3O)C(O)[C@@H](O[C@@H]3O[C@H](CO)[C@H](O)C(O)C3O[C@@H]3OC(CO)[C@H](O)[C@H](O)C3NC(C)=O)[C@H]2O)OC(CO)[C@H](O)[C@@H]1O. The fourth-order valence-electron chi connectivity index (χ4n) is 13.2. The third-order valence-corrected chi connectivity index (χ3v) is 18.5. The summed E-state index contributed by atoms with van der Waals surface area (Å²) in [6, 6.07) is -6.60. The monoisotopic (exact) mass is 1480 g/mol. The maximum absolute atomic E-state index is 12.9. The van der Waals surface area contributed by atoms with Crippen molar-refractivity contribution in [2.45, 2.75) is 280 Å². The fraction of sp³-hybridized carbons (Fsp3) is 0.930. The van der Waals surface area contributed by atoms with Crippen molar-refractivity contribution in [3.8, 4) is 0 Å². The Balaban J connectivity index is 1.13. The molecule has 8 heterocycles. The molecular formula is C57H96N4O40. The number of amides is 4. The molecule has 17 unspecified atom stereocenters. The molecule has 0 bridgehead atoms. The van der Waals surface area contributed by atoms with Gasteiger partial charge in [0.05, 0.1) is 65.0 Å². The van der Waals surface area contributed by atoms with E-state index in [1.807, 2.05) is 0 Å². The summed E-state index contributed by atoms with van der Waals surface area (Å²) in [7, 11) is 0. The normalized spacial score (nSPS) is 48.3. The first-order chi connectivity index (χ1) is 47.8. The van der Waals surface area contributed by atoms with Crippen LogP contribution in [0.4, 0.5) is 0 Å². The van der Waals surface area contributed by atoms with Crippen LogP contribution in [-0.4, -0.2) is 429 Å². The molecule has 8 aliphatic rings. The summed E-state index contributed by atoms with van der Waals surface area (Å²) in [5, 5.41) is 242. The van der Waals surface area contributed by atoms with Gasteiger partial charge in [-0.25, -0.2) is 0 Å². The van der Waals surface area contributed by atoms with Crippen LogP contribution >= 0.6 is 0 Å². The molecule has 0 spiro atoms. The number of aliphatic hydroxyl groups excluding tert-OH is 21. The second-order valence-corrected chi connectivity index (χ2v) is 25.7. The zero-order valence-corrected chi connectivity index (χ0v) is 54.9. The Morgan fingerprint density at radius 3 is 0.980 bits per heavy atom. The van der Waals surface area contributed by atoms with Gasteiger partial charge in [-0.1, -0.05) is 0 Å². The standard InChI is InChI=1S/C57H96N4O40/c1-14-27(58-15(2)69)37(79)45(23(10-66)88-14)96-52-29(60-17(4)71)38(80)47(25(12-68)93-52)98-55-44(86)48(99-57-50(42(84)34(76)22(9-65)92-57)101-51-28(59-16(3)70)36(78)31(73)19(6-62)89-51)35(77)26(95-55)13-87-56-49(41(83)33(75)21(8-64)91-56)100-53-30(61-18(5)72)39(81)46(24(11-67)94-53)97-54-43(85)40(82)32(74)20(7-63)90-54/h14,19-57,62-68,73-86H,6-13H2,1-5H3,(H,58,69)(H,59,70)(H,60,71)(H,61,72)/t14?,19?,20?,21?,22-,23?,24-,25?,26?,27?,28?,29?,30?,31+,32+,33+,34+,35+,36-,37-,38-,39?,40+,41+,42?,43?,44?,45+,46-,47+,48+,49?,50?,51+,52+,53-,54+,55+,56-,57+/m1/s1. The zero-order chi connectivity index (χ0) is 74.5. The molecule has 25 N–H and O–H groups in total. The van der Waals surface area contributed by atoms with Crippen LogP contribution in [-0.2, 0) is 90.2 Å². The molecule has 40 atom stereocenters. The van der Waals surface area contributed by atoms with Crippen LogP contribution in [0.3, 0.4) is 0 Å². The molecule has 8 fully saturated rings. The van der Waals surface area contributed by atoms with Gasteiger partial charge in [0.1, 0.15) is 189 Å². The minimum absolute atomic E-state index is 0.609. The Bertz CT molecular complexity index is 2640. The molecule has 8 saturated heterocycles. The van der Waals surface area contributed by atoms with E-state index in [1.165, 1.54) is 6.92 Å². The minimum atomic E-state index is -2.48. The van der Waals surface area contributed by atoms with E-state index in [0.717, 1.165) is 27.7 Å². The predicted molar refractivity (Wildman–Crippen MR) is 314 cm³/mol. The van der Waals surface area contributed by atoms with Crippen LogP contribution < -0.4 is 21.3 Å². The highest BCUT2D eigenvalue weighted by atomic mass is 16.8. The van der Waals surface area contributed by atoms with Gasteiger partial charge in [0.15, 0.2) is 44.0 Å². The van der Waals surface area contributed by atoms with Gasteiger partial charge in [-0.3, -0.25) is 19.2 Å². The third kappa shape index (κ3) is 18.5. The fourth-order valence-corrected chi connectivity index (χ4v) is 13.2. The maximum Gasteiger partial charge on any atom is 0.217 e. The lowest BCUT2D eigenvalue weighted by Crippen LogP contribution is -2.70. The van der Waals surface area contributed by atoms with Gasteiger partial charge in [-0.05, 0) is 6.92 Å². The number of aliphatic hydroxyl groups is 21. The predicted octanol–water partition coefficient (Wildman–Crippen LogP) is -16.8. The van der Waals surface area contributed by atoms with Gasteiger partial charge in [0.2, 0.25) is 23.6 Å². The summed E-state index contributed by atoms with van der Waals surface area (Å²) in [5.41, 5.74) is 0. The van der Waals surface area contributed by atoms with E-state index in [4.69, 9.17) is 71.1 Å². The van der Waals surface area contributed by atoms with E-state index in [-0.39, 0.29) is 0 Å². The second-order valence-electron chi connectivity index (χ2n) is 25.7. The van der Waals surface area contributed by atoms with E-state index in [9.17, 15) is 126 Å². The number of carbonyl (C=O) groups is 4. The first-order valence-electron chi connectivity index (χ1n) is 32.4. The van der Waals surface area contributed by atoms with E-state index >= 15 is 0 Å². The highest BCUT2D eigenvalue weighted by Gasteiger charge is 2.60. The second kappa shape index (κ2) is 36.4. The number of hydrogen-bond acceptors (Lipinski definition) is 40. The maximum atomic E-state index is 12.9. The molecule has 584 valence electrons. The quantitative estimate of drug-likeness (QED) is 0.0382. The average molecular weight is 1480 g/mol. The molecular weight excluding hydrogens is 1380 g/mol. The summed E-state index contributed by atoms with van der Waals surface area (Å²) >= 11 is 0. The van der Waals surface area contributed by atoms with Crippen molar-refractivity contribution in [1.82, 2.24) is 21.3 Å². The van der Waals surface area contributed by atoms with E-state index < -0.39 is 322 Å². The minimum Gasteiger partial charge on any atom is -0.394 e. The largest absolute Gasteiger partial charge is 0.394 e. The van der Waals surface area contributed by atoms with Crippen molar-refractivity contribution in [1.29, 1.82) is 0 Å². The van der Waals surface area contributed by atoms with Gasteiger partial charge in [-0.2, -0.15) is 0 Å².